The summed E-state index contributed by atoms with van der Waals surface area (Å²) in [4.78, 5) is 14.8. The van der Waals surface area contributed by atoms with E-state index in [9.17, 15) is 0 Å². The molecule has 0 unspecified atom stereocenters. The van der Waals surface area contributed by atoms with Gasteiger partial charge in [0, 0.05) is 24.8 Å². The molecule has 158 valence electrons. The average molecular weight is 409 g/mol. The minimum Gasteiger partial charge on any atom is -0.495 e. The van der Waals surface area contributed by atoms with Crippen LogP contribution >= 0.6 is 0 Å². The second kappa shape index (κ2) is 7.77. The van der Waals surface area contributed by atoms with Crippen LogP contribution in [0, 0.1) is 0 Å². The molecule has 0 amide bonds. The van der Waals surface area contributed by atoms with E-state index in [1.54, 1.807) is 7.11 Å². The lowest BCUT2D eigenvalue weighted by molar-refractivity contribution is 0.00832. The number of fused-ring (bicyclic) bond motifs is 1. The molecule has 1 aromatic carbocycles. The normalized spacial score (nSPS) is 18.3. The lowest BCUT2D eigenvalue weighted by atomic mass is 10.0. The Bertz CT molecular complexity index is 1040. The third-order valence-corrected chi connectivity index (χ3v) is 5.99. The summed E-state index contributed by atoms with van der Waals surface area (Å²) in [7, 11) is 1.69. The molecule has 0 radical (unpaired) electrons. The van der Waals surface area contributed by atoms with Crippen molar-refractivity contribution in [2.45, 2.75) is 25.3 Å². The number of nitrogens with zero attached hydrogens (tertiary/aromatic N) is 3. The fraction of sp³-hybridized carbons (Fsp3) is 0.455. The molecule has 2 fully saturated rings. The van der Waals surface area contributed by atoms with E-state index in [1.165, 1.54) is 18.4 Å². The number of aromatic amines is 1. The van der Waals surface area contributed by atoms with E-state index in [0.29, 0.717) is 18.4 Å². The van der Waals surface area contributed by atoms with Crippen LogP contribution < -0.4 is 14.8 Å². The van der Waals surface area contributed by atoms with Crippen molar-refractivity contribution >= 4 is 22.7 Å². The Morgan fingerprint density at radius 3 is 2.77 bits per heavy atom. The number of aromatic nitrogens is 3. The summed E-state index contributed by atoms with van der Waals surface area (Å²) in [5, 5.41) is 4.17. The molecule has 1 saturated heterocycles. The van der Waals surface area contributed by atoms with Gasteiger partial charge in [0.2, 0.25) is 11.8 Å². The number of rotatable bonds is 7. The Balaban J connectivity index is 1.44. The Morgan fingerprint density at radius 1 is 1.20 bits per heavy atom. The van der Waals surface area contributed by atoms with E-state index in [1.807, 2.05) is 19.2 Å². The largest absolute Gasteiger partial charge is 0.495 e. The van der Waals surface area contributed by atoms with Gasteiger partial charge in [-0.05, 0) is 43.5 Å². The van der Waals surface area contributed by atoms with Crippen LogP contribution in [-0.4, -0.2) is 59.9 Å². The van der Waals surface area contributed by atoms with Gasteiger partial charge in [-0.25, -0.2) is 0 Å². The number of hydrogen-bond acceptors (Lipinski definition) is 7. The molecule has 2 aromatic heterocycles. The quantitative estimate of drug-likeness (QED) is 0.618. The second-order valence-electron chi connectivity index (χ2n) is 7.70. The van der Waals surface area contributed by atoms with Crippen LogP contribution in [0.15, 0.2) is 30.5 Å². The van der Waals surface area contributed by atoms with E-state index < -0.39 is 0 Å². The van der Waals surface area contributed by atoms with Gasteiger partial charge in [0.25, 0.3) is 0 Å². The summed E-state index contributed by atoms with van der Waals surface area (Å²) in [5.41, 5.74) is 2.97. The fourth-order valence-electron chi connectivity index (χ4n) is 4.32. The summed E-state index contributed by atoms with van der Waals surface area (Å²) in [6.45, 7) is 6.05. The van der Waals surface area contributed by atoms with Crippen molar-refractivity contribution in [1.82, 2.24) is 19.9 Å². The predicted octanol–water partition coefficient (Wildman–Crippen LogP) is 3.43. The molecule has 8 heteroatoms. The Morgan fingerprint density at radius 2 is 2.03 bits per heavy atom. The van der Waals surface area contributed by atoms with Crippen LogP contribution in [0.3, 0.4) is 0 Å². The van der Waals surface area contributed by atoms with Crippen molar-refractivity contribution in [3.05, 3.63) is 36.0 Å². The molecule has 0 spiro atoms. The topological polar surface area (TPSA) is 84.5 Å². The van der Waals surface area contributed by atoms with E-state index in [2.05, 4.69) is 43.4 Å². The smallest absolute Gasteiger partial charge is 0.232 e. The molecule has 1 saturated carbocycles. The molecule has 3 heterocycles. The first-order valence-electron chi connectivity index (χ1n) is 10.5. The van der Waals surface area contributed by atoms with E-state index in [0.717, 1.165) is 48.8 Å². The van der Waals surface area contributed by atoms with Crippen molar-refractivity contribution in [2.24, 2.45) is 0 Å². The summed E-state index contributed by atoms with van der Waals surface area (Å²) in [5.74, 6) is 1.81. The maximum atomic E-state index is 5.72. The summed E-state index contributed by atoms with van der Waals surface area (Å²) < 4.78 is 16.9. The monoisotopic (exact) mass is 409 g/mol. The van der Waals surface area contributed by atoms with Gasteiger partial charge in [-0.1, -0.05) is 6.07 Å². The van der Waals surface area contributed by atoms with Gasteiger partial charge in [0.1, 0.15) is 11.4 Å². The molecule has 5 rings (SSSR count). The first-order valence-corrected chi connectivity index (χ1v) is 10.5. The fourth-order valence-corrected chi connectivity index (χ4v) is 4.32. The molecule has 1 aliphatic heterocycles. The van der Waals surface area contributed by atoms with Crippen LogP contribution in [-0.2, 0) is 10.3 Å². The molecule has 2 N–H and O–H groups in total. The van der Waals surface area contributed by atoms with Gasteiger partial charge < -0.3 is 24.5 Å². The molecular formula is C22H27N5O3. The highest BCUT2D eigenvalue weighted by atomic mass is 16.5. The summed E-state index contributed by atoms with van der Waals surface area (Å²) in [6.07, 6.45) is 4.18. The van der Waals surface area contributed by atoms with E-state index >= 15 is 0 Å². The van der Waals surface area contributed by atoms with Crippen LogP contribution in [0.1, 0.15) is 25.3 Å². The van der Waals surface area contributed by atoms with Gasteiger partial charge in [-0.15, -0.1) is 0 Å². The number of anilines is 2. The third-order valence-electron chi connectivity index (χ3n) is 5.99. The number of ether oxygens (including phenoxy) is 3. The maximum absolute atomic E-state index is 5.72. The highest BCUT2D eigenvalue weighted by Gasteiger charge is 2.49. The van der Waals surface area contributed by atoms with Gasteiger partial charge in [-0.3, -0.25) is 4.90 Å². The lowest BCUT2D eigenvalue weighted by Gasteiger charge is -2.35. The van der Waals surface area contributed by atoms with Gasteiger partial charge in [0.05, 0.1) is 38.0 Å². The van der Waals surface area contributed by atoms with Crippen LogP contribution in [0.5, 0.6) is 11.6 Å². The van der Waals surface area contributed by atoms with E-state index in [4.69, 9.17) is 14.2 Å². The number of benzene rings is 1. The zero-order valence-electron chi connectivity index (χ0n) is 17.4. The molecule has 3 aromatic rings. The van der Waals surface area contributed by atoms with Crippen LogP contribution in [0.4, 0.5) is 11.6 Å². The number of morpholine rings is 1. The molecule has 0 bridgehead atoms. The SMILES string of the molecule is CCOc1nc(Nc2ccc(C3(N4CCOCC4)CC3)cc2OC)nc2[nH]ccc12. The van der Waals surface area contributed by atoms with Gasteiger partial charge >= 0.3 is 0 Å². The predicted molar refractivity (Wildman–Crippen MR) is 115 cm³/mol. The minimum absolute atomic E-state index is 0.122. The molecule has 30 heavy (non-hydrogen) atoms. The van der Waals surface area contributed by atoms with Gasteiger partial charge in [-0.2, -0.15) is 9.97 Å². The molecular weight excluding hydrogens is 382 g/mol. The highest BCUT2D eigenvalue weighted by Crippen LogP contribution is 2.52. The Labute approximate surface area is 175 Å². The zero-order valence-corrected chi connectivity index (χ0v) is 17.4. The standard InChI is InChI=1S/C22H27N5O3/c1-3-30-20-16-6-9-23-19(16)25-21(26-20)24-17-5-4-15(14-18(17)28-2)22(7-8-22)27-10-12-29-13-11-27/h4-6,9,14H,3,7-8,10-13H2,1-2H3,(H2,23,24,25,26). The number of H-pyrrole nitrogens is 1. The first kappa shape index (κ1) is 19.1. The van der Waals surface area contributed by atoms with Crippen LogP contribution in [0.2, 0.25) is 0 Å². The second-order valence-corrected chi connectivity index (χ2v) is 7.70. The first-order chi connectivity index (χ1) is 14.7. The van der Waals surface area contributed by atoms with Crippen molar-refractivity contribution < 1.29 is 14.2 Å². The third kappa shape index (κ3) is 3.36. The maximum Gasteiger partial charge on any atom is 0.232 e. The van der Waals surface area contributed by atoms with Gasteiger partial charge in [0.15, 0.2) is 0 Å². The lowest BCUT2D eigenvalue weighted by Crippen LogP contribution is -2.43. The molecule has 1 aliphatic carbocycles. The summed E-state index contributed by atoms with van der Waals surface area (Å²) >= 11 is 0. The zero-order chi connectivity index (χ0) is 20.6. The highest BCUT2D eigenvalue weighted by molar-refractivity contribution is 5.82. The number of nitrogens with one attached hydrogen (secondary N) is 2. The Kier molecular flexibility index (Phi) is 4.96. The molecule has 2 aliphatic rings. The molecule has 8 nitrogen and oxygen atoms in total. The number of methoxy groups -OCH3 is 1. The minimum atomic E-state index is 0.122. The van der Waals surface area contributed by atoms with Crippen molar-refractivity contribution in [3.63, 3.8) is 0 Å². The molecule has 0 atom stereocenters. The van der Waals surface area contributed by atoms with Crippen molar-refractivity contribution in [3.8, 4) is 11.6 Å². The number of hydrogen-bond donors (Lipinski definition) is 2. The summed E-state index contributed by atoms with van der Waals surface area (Å²) in [6, 6.07) is 8.29. The van der Waals surface area contributed by atoms with Crippen molar-refractivity contribution in [1.29, 1.82) is 0 Å². The van der Waals surface area contributed by atoms with E-state index in [-0.39, 0.29) is 5.54 Å². The van der Waals surface area contributed by atoms with Crippen molar-refractivity contribution in [2.75, 3.05) is 45.3 Å². The van der Waals surface area contributed by atoms with Crippen LogP contribution in [0.25, 0.3) is 11.0 Å². The Hall–Kier alpha value is -2.84. The average Bonchev–Trinajstić information content (AvgIpc) is 3.46.